The minimum atomic E-state index is -0.256. The minimum absolute atomic E-state index is 0.0336. The first-order valence-electron chi connectivity index (χ1n) is 6.26. The Balaban J connectivity index is 1.93. The molecule has 0 N–H and O–H groups in total. The lowest BCUT2D eigenvalue weighted by Crippen LogP contribution is -2.25. The molecule has 0 saturated carbocycles. The van der Waals surface area contributed by atoms with E-state index in [0.29, 0.717) is 23.7 Å². The molecule has 0 amide bonds. The third kappa shape index (κ3) is 4.15. The summed E-state index contributed by atoms with van der Waals surface area (Å²) in [6.07, 6.45) is 0. The first kappa shape index (κ1) is 14.7. The van der Waals surface area contributed by atoms with Crippen LogP contribution in [0.5, 0.6) is 0 Å². The molecule has 0 radical (unpaired) electrons. The molecule has 2 nitrogen and oxygen atoms in total. The van der Waals surface area contributed by atoms with E-state index in [1.54, 1.807) is 36.4 Å². The Bertz CT molecular complexity index is 580. The maximum absolute atomic E-state index is 12.8. The summed E-state index contributed by atoms with van der Waals surface area (Å²) >= 11 is 5.79. The van der Waals surface area contributed by atoms with Gasteiger partial charge in [-0.2, -0.15) is 0 Å². The van der Waals surface area contributed by atoms with Crippen molar-refractivity contribution in [1.29, 1.82) is 0 Å². The highest BCUT2D eigenvalue weighted by Crippen LogP contribution is 2.11. The van der Waals surface area contributed by atoms with Gasteiger partial charge in [-0.15, -0.1) is 0 Å². The van der Waals surface area contributed by atoms with Crippen molar-refractivity contribution in [1.82, 2.24) is 4.90 Å². The molecule has 2 aromatic rings. The second-order valence-electron chi connectivity index (χ2n) is 4.73. The number of likely N-dealkylation sites (N-methyl/N-ethyl adjacent to an activating group) is 1. The van der Waals surface area contributed by atoms with Crippen LogP contribution in [-0.2, 0) is 6.54 Å². The van der Waals surface area contributed by atoms with Gasteiger partial charge in [0.15, 0.2) is 5.78 Å². The van der Waals surface area contributed by atoms with Crippen LogP contribution >= 0.6 is 11.6 Å². The van der Waals surface area contributed by atoms with Crippen LogP contribution in [0.2, 0.25) is 5.02 Å². The molecule has 0 atom stereocenters. The molecule has 20 heavy (non-hydrogen) atoms. The summed E-state index contributed by atoms with van der Waals surface area (Å²) in [5.74, 6) is -0.222. The van der Waals surface area contributed by atoms with Crippen molar-refractivity contribution in [2.45, 2.75) is 6.54 Å². The monoisotopic (exact) mass is 291 g/mol. The molecule has 2 rings (SSSR count). The quantitative estimate of drug-likeness (QED) is 0.781. The molecular weight excluding hydrogens is 277 g/mol. The molecule has 0 aliphatic rings. The van der Waals surface area contributed by atoms with Gasteiger partial charge in [0.1, 0.15) is 5.82 Å². The van der Waals surface area contributed by atoms with Crippen LogP contribution < -0.4 is 0 Å². The maximum atomic E-state index is 12.8. The first-order chi connectivity index (χ1) is 9.54. The van der Waals surface area contributed by atoms with Gasteiger partial charge in [-0.25, -0.2) is 4.39 Å². The molecule has 0 spiro atoms. The number of halogens is 2. The van der Waals surface area contributed by atoms with Gasteiger partial charge in [0, 0.05) is 17.1 Å². The van der Waals surface area contributed by atoms with E-state index in [4.69, 9.17) is 11.6 Å². The summed E-state index contributed by atoms with van der Waals surface area (Å²) in [7, 11) is 1.86. The Morgan fingerprint density at radius 3 is 2.30 bits per heavy atom. The fourth-order valence-electron chi connectivity index (χ4n) is 1.93. The highest BCUT2D eigenvalue weighted by atomic mass is 35.5. The maximum Gasteiger partial charge on any atom is 0.176 e. The molecule has 4 heteroatoms. The van der Waals surface area contributed by atoms with Gasteiger partial charge in [-0.05, 0) is 49.0 Å². The van der Waals surface area contributed by atoms with Crippen molar-refractivity contribution in [3.05, 3.63) is 70.5 Å². The Morgan fingerprint density at radius 1 is 1.10 bits per heavy atom. The van der Waals surface area contributed by atoms with E-state index in [1.807, 2.05) is 11.9 Å². The number of Topliss-reactive ketones (excluding diaryl/α,β-unsaturated/α-hetero) is 1. The Labute approximate surface area is 122 Å². The zero-order chi connectivity index (χ0) is 14.5. The average molecular weight is 292 g/mol. The largest absolute Gasteiger partial charge is 0.295 e. The fourth-order valence-corrected chi connectivity index (χ4v) is 2.06. The third-order valence-corrected chi connectivity index (χ3v) is 3.20. The smallest absolute Gasteiger partial charge is 0.176 e. The Hall–Kier alpha value is -1.71. The van der Waals surface area contributed by atoms with Crippen LogP contribution in [-0.4, -0.2) is 24.3 Å². The molecule has 0 heterocycles. The van der Waals surface area contributed by atoms with Crippen LogP contribution in [0, 0.1) is 5.82 Å². The zero-order valence-electron chi connectivity index (χ0n) is 11.1. The lowest BCUT2D eigenvalue weighted by atomic mass is 10.1. The SMILES string of the molecule is CN(CC(=O)c1ccc(Cl)cc1)Cc1ccc(F)cc1. The number of ketones is 1. The van der Waals surface area contributed by atoms with Crippen LogP contribution in [0.3, 0.4) is 0 Å². The average Bonchev–Trinajstić information content (AvgIpc) is 2.42. The first-order valence-corrected chi connectivity index (χ1v) is 6.64. The molecular formula is C16H15ClFNO. The molecule has 2 aromatic carbocycles. The van der Waals surface area contributed by atoms with Crippen molar-refractivity contribution >= 4 is 17.4 Å². The van der Waals surface area contributed by atoms with Crippen molar-refractivity contribution in [3.8, 4) is 0 Å². The molecule has 0 unspecified atom stereocenters. The standard InChI is InChI=1S/C16H15ClFNO/c1-19(10-12-2-8-15(18)9-3-12)11-16(20)13-4-6-14(17)7-5-13/h2-9H,10-11H2,1H3. The molecule has 0 fully saturated rings. The van der Waals surface area contributed by atoms with E-state index in [0.717, 1.165) is 5.56 Å². The van der Waals surface area contributed by atoms with Gasteiger partial charge in [-0.1, -0.05) is 23.7 Å². The van der Waals surface area contributed by atoms with E-state index in [1.165, 1.54) is 12.1 Å². The summed E-state index contributed by atoms with van der Waals surface area (Å²) in [5.41, 5.74) is 1.61. The summed E-state index contributed by atoms with van der Waals surface area (Å²) < 4.78 is 12.8. The molecule has 0 aromatic heterocycles. The van der Waals surface area contributed by atoms with Gasteiger partial charge in [0.2, 0.25) is 0 Å². The number of rotatable bonds is 5. The topological polar surface area (TPSA) is 20.3 Å². The summed E-state index contributed by atoms with van der Waals surface area (Å²) in [4.78, 5) is 14.0. The van der Waals surface area contributed by atoms with E-state index in [2.05, 4.69) is 0 Å². The van der Waals surface area contributed by atoms with Gasteiger partial charge in [0.25, 0.3) is 0 Å². The van der Waals surface area contributed by atoms with Gasteiger partial charge in [0.05, 0.1) is 6.54 Å². The number of carbonyl (C=O) groups excluding carboxylic acids is 1. The number of hydrogen-bond donors (Lipinski definition) is 0. The predicted molar refractivity (Wildman–Crippen MR) is 78.5 cm³/mol. The van der Waals surface area contributed by atoms with Crippen LogP contribution in [0.4, 0.5) is 4.39 Å². The highest BCUT2D eigenvalue weighted by Gasteiger charge is 2.09. The predicted octanol–water partition coefficient (Wildman–Crippen LogP) is 3.79. The Morgan fingerprint density at radius 2 is 1.70 bits per heavy atom. The number of hydrogen-bond acceptors (Lipinski definition) is 2. The van der Waals surface area contributed by atoms with E-state index >= 15 is 0 Å². The zero-order valence-corrected chi connectivity index (χ0v) is 11.9. The lowest BCUT2D eigenvalue weighted by molar-refractivity contribution is 0.0943. The van der Waals surface area contributed by atoms with Gasteiger partial charge in [-0.3, -0.25) is 9.69 Å². The van der Waals surface area contributed by atoms with E-state index in [9.17, 15) is 9.18 Å². The third-order valence-electron chi connectivity index (χ3n) is 2.95. The second kappa shape index (κ2) is 6.64. The number of carbonyl (C=O) groups is 1. The summed E-state index contributed by atoms with van der Waals surface area (Å²) in [6.45, 7) is 0.901. The molecule has 0 aliphatic carbocycles. The Kier molecular flexibility index (Phi) is 4.88. The highest BCUT2D eigenvalue weighted by molar-refractivity contribution is 6.30. The van der Waals surface area contributed by atoms with Crippen molar-refractivity contribution < 1.29 is 9.18 Å². The molecule has 0 aliphatic heterocycles. The summed E-state index contributed by atoms with van der Waals surface area (Å²) in [6, 6.07) is 13.1. The molecule has 104 valence electrons. The normalized spacial score (nSPS) is 10.8. The van der Waals surface area contributed by atoms with Crippen LogP contribution in [0.25, 0.3) is 0 Å². The van der Waals surface area contributed by atoms with Crippen LogP contribution in [0.15, 0.2) is 48.5 Å². The second-order valence-corrected chi connectivity index (χ2v) is 5.17. The van der Waals surface area contributed by atoms with Gasteiger partial charge < -0.3 is 0 Å². The van der Waals surface area contributed by atoms with E-state index in [-0.39, 0.29) is 11.6 Å². The van der Waals surface area contributed by atoms with Crippen molar-refractivity contribution in [2.75, 3.05) is 13.6 Å². The number of nitrogens with zero attached hydrogens (tertiary/aromatic N) is 1. The lowest BCUT2D eigenvalue weighted by Gasteiger charge is -2.15. The molecule has 0 saturated heterocycles. The van der Waals surface area contributed by atoms with Crippen molar-refractivity contribution in [3.63, 3.8) is 0 Å². The minimum Gasteiger partial charge on any atom is -0.295 e. The van der Waals surface area contributed by atoms with Gasteiger partial charge >= 0.3 is 0 Å². The van der Waals surface area contributed by atoms with E-state index < -0.39 is 0 Å². The summed E-state index contributed by atoms with van der Waals surface area (Å²) in [5, 5.41) is 0.612. The molecule has 0 bridgehead atoms. The van der Waals surface area contributed by atoms with Crippen molar-refractivity contribution in [2.24, 2.45) is 0 Å². The van der Waals surface area contributed by atoms with Crippen LogP contribution in [0.1, 0.15) is 15.9 Å². The number of benzene rings is 2. The fraction of sp³-hybridized carbons (Fsp3) is 0.188.